The van der Waals surface area contributed by atoms with E-state index in [1.54, 1.807) is 7.11 Å². The van der Waals surface area contributed by atoms with E-state index in [9.17, 15) is 5.21 Å². The van der Waals surface area contributed by atoms with E-state index in [4.69, 9.17) is 4.74 Å². The van der Waals surface area contributed by atoms with E-state index >= 15 is 0 Å². The lowest BCUT2D eigenvalue weighted by Gasteiger charge is -2.31. The molecule has 1 aliphatic rings. The van der Waals surface area contributed by atoms with Crippen LogP contribution in [0.15, 0.2) is 42.5 Å². The highest BCUT2D eigenvalue weighted by molar-refractivity contribution is 5.78. The van der Waals surface area contributed by atoms with Gasteiger partial charge in [0.25, 0.3) is 0 Å². The molecule has 0 saturated carbocycles. The zero-order chi connectivity index (χ0) is 14.2. The van der Waals surface area contributed by atoms with Gasteiger partial charge in [0.05, 0.1) is 12.6 Å². The first-order chi connectivity index (χ1) is 9.69. The van der Waals surface area contributed by atoms with E-state index in [1.807, 2.05) is 49.4 Å². The normalized spacial score (nSPS) is 19.9. The number of hydroxylamine groups is 1. The summed E-state index contributed by atoms with van der Waals surface area (Å²) < 4.78 is 5.28. The predicted octanol–water partition coefficient (Wildman–Crippen LogP) is 3.42. The molecule has 0 heterocycles. The fourth-order valence-corrected chi connectivity index (χ4v) is 2.80. The first kappa shape index (κ1) is 12.9. The Morgan fingerprint density at radius 2 is 1.70 bits per heavy atom. The standard InChI is InChI=1S/C17H17NO2/c1-17(18-19)15-6-4-3-5-12(15)7-8-13-11-14(20-2)9-10-16(13)17/h3-11,18-19H,1-2H3/t17-/m0/s1. The van der Waals surface area contributed by atoms with Crippen LogP contribution >= 0.6 is 0 Å². The average Bonchev–Trinajstić information content (AvgIpc) is 2.63. The summed E-state index contributed by atoms with van der Waals surface area (Å²) in [5.41, 5.74) is 6.02. The van der Waals surface area contributed by atoms with Crippen LogP contribution in [0.4, 0.5) is 0 Å². The number of rotatable bonds is 2. The molecule has 0 unspecified atom stereocenters. The van der Waals surface area contributed by atoms with Crippen molar-refractivity contribution in [3.63, 3.8) is 0 Å². The third-order valence-electron chi connectivity index (χ3n) is 3.96. The van der Waals surface area contributed by atoms with Gasteiger partial charge >= 0.3 is 0 Å². The van der Waals surface area contributed by atoms with Crippen LogP contribution in [0.2, 0.25) is 0 Å². The summed E-state index contributed by atoms with van der Waals surface area (Å²) in [6.07, 6.45) is 4.12. The number of hydrogen-bond donors (Lipinski definition) is 2. The highest BCUT2D eigenvalue weighted by Crippen LogP contribution is 2.38. The van der Waals surface area contributed by atoms with Crippen molar-refractivity contribution in [3.05, 3.63) is 64.7 Å². The fraction of sp³-hybridized carbons (Fsp3) is 0.176. The molecule has 0 bridgehead atoms. The first-order valence-corrected chi connectivity index (χ1v) is 6.56. The van der Waals surface area contributed by atoms with Crippen molar-refractivity contribution in [2.75, 3.05) is 7.11 Å². The number of fused-ring (bicyclic) bond motifs is 2. The van der Waals surface area contributed by atoms with Gasteiger partial charge in [-0.2, -0.15) is 5.48 Å². The molecule has 2 aromatic carbocycles. The van der Waals surface area contributed by atoms with Gasteiger partial charge in [0.15, 0.2) is 0 Å². The molecule has 3 heteroatoms. The molecule has 3 rings (SSSR count). The van der Waals surface area contributed by atoms with Crippen molar-refractivity contribution in [1.82, 2.24) is 5.48 Å². The predicted molar refractivity (Wildman–Crippen MR) is 79.7 cm³/mol. The van der Waals surface area contributed by atoms with Crippen LogP contribution in [-0.2, 0) is 5.54 Å². The number of methoxy groups -OCH3 is 1. The van der Waals surface area contributed by atoms with E-state index in [0.29, 0.717) is 0 Å². The second-order valence-electron chi connectivity index (χ2n) is 5.11. The summed E-state index contributed by atoms with van der Waals surface area (Å²) in [6.45, 7) is 1.98. The van der Waals surface area contributed by atoms with Crippen LogP contribution < -0.4 is 10.2 Å². The van der Waals surface area contributed by atoms with Crippen molar-refractivity contribution in [3.8, 4) is 5.75 Å². The number of ether oxygens (including phenoxy) is 1. The van der Waals surface area contributed by atoms with Gasteiger partial charge in [-0.3, -0.25) is 0 Å². The van der Waals surface area contributed by atoms with Gasteiger partial charge in [0, 0.05) is 0 Å². The second-order valence-corrected chi connectivity index (χ2v) is 5.11. The minimum atomic E-state index is -0.651. The minimum absolute atomic E-state index is 0.651. The Bertz CT molecular complexity index is 678. The first-order valence-electron chi connectivity index (χ1n) is 6.56. The van der Waals surface area contributed by atoms with Gasteiger partial charge in [-0.05, 0) is 41.3 Å². The highest BCUT2D eigenvalue weighted by atomic mass is 16.5. The molecular weight excluding hydrogens is 250 g/mol. The number of hydrogen-bond acceptors (Lipinski definition) is 3. The Hall–Kier alpha value is -2.10. The zero-order valence-electron chi connectivity index (χ0n) is 11.6. The summed E-state index contributed by atoms with van der Waals surface area (Å²) in [6, 6.07) is 13.9. The van der Waals surface area contributed by atoms with Crippen LogP contribution in [0, 0.1) is 0 Å². The lowest BCUT2D eigenvalue weighted by Crippen LogP contribution is -2.39. The molecule has 2 N–H and O–H groups in total. The molecule has 1 aliphatic carbocycles. The molecule has 20 heavy (non-hydrogen) atoms. The summed E-state index contributed by atoms with van der Waals surface area (Å²) in [5.74, 6) is 0.805. The molecule has 0 spiro atoms. The van der Waals surface area contributed by atoms with E-state index in [-0.39, 0.29) is 0 Å². The summed E-state index contributed by atoms with van der Waals surface area (Å²) in [7, 11) is 1.65. The van der Waals surface area contributed by atoms with Crippen molar-refractivity contribution in [2.24, 2.45) is 0 Å². The average molecular weight is 267 g/mol. The van der Waals surface area contributed by atoms with Crippen molar-refractivity contribution >= 4 is 12.2 Å². The Labute approximate surface area is 118 Å². The lowest BCUT2D eigenvalue weighted by molar-refractivity contribution is 0.0921. The Kier molecular flexibility index (Phi) is 3.08. The van der Waals surface area contributed by atoms with E-state index in [0.717, 1.165) is 28.0 Å². The Morgan fingerprint density at radius 3 is 2.45 bits per heavy atom. The second kappa shape index (κ2) is 4.78. The molecule has 1 atom stereocenters. The van der Waals surface area contributed by atoms with E-state index in [1.165, 1.54) is 0 Å². The molecule has 0 fully saturated rings. The SMILES string of the molecule is COc1ccc2c(c1)C=Cc1ccccc1[C@]2(C)NO. The van der Waals surface area contributed by atoms with E-state index < -0.39 is 5.54 Å². The van der Waals surface area contributed by atoms with Crippen molar-refractivity contribution in [2.45, 2.75) is 12.5 Å². The summed E-state index contributed by atoms with van der Waals surface area (Å²) in [5, 5.41) is 9.79. The van der Waals surface area contributed by atoms with Gasteiger partial charge in [0.2, 0.25) is 0 Å². The Morgan fingerprint density at radius 1 is 1.00 bits per heavy atom. The van der Waals surface area contributed by atoms with Crippen LogP contribution in [0.1, 0.15) is 29.2 Å². The maximum absolute atomic E-state index is 9.79. The maximum atomic E-state index is 9.79. The van der Waals surface area contributed by atoms with Gasteiger partial charge in [0.1, 0.15) is 5.75 Å². The van der Waals surface area contributed by atoms with Crippen molar-refractivity contribution < 1.29 is 9.94 Å². The molecule has 0 amide bonds. The van der Waals surface area contributed by atoms with Gasteiger partial charge in [-0.25, -0.2) is 0 Å². The van der Waals surface area contributed by atoms with Gasteiger partial charge < -0.3 is 9.94 Å². The van der Waals surface area contributed by atoms with Gasteiger partial charge in [-0.1, -0.05) is 42.5 Å². The quantitative estimate of drug-likeness (QED) is 0.819. The summed E-state index contributed by atoms with van der Waals surface area (Å²) in [4.78, 5) is 0. The molecule has 0 aliphatic heterocycles. The molecule has 0 radical (unpaired) electrons. The highest BCUT2D eigenvalue weighted by Gasteiger charge is 2.33. The number of nitrogens with one attached hydrogen (secondary N) is 1. The maximum Gasteiger partial charge on any atom is 0.119 e. The third kappa shape index (κ3) is 1.83. The summed E-state index contributed by atoms with van der Waals surface area (Å²) >= 11 is 0. The smallest absolute Gasteiger partial charge is 0.119 e. The van der Waals surface area contributed by atoms with Crippen LogP contribution in [0.25, 0.3) is 12.2 Å². The zero-order valence-corrected chi connectivity index (χ0v) is 11.6. The van der Waals surface area contributed by atoms with Crippen molar-refractivity contribution in [1.29, 1.82) is 0 Å². The van der Waals surface area contributed by atoms with E-state index in [2.05, 4.69) is 17.6 Å². The molecule has 3 nitrogen and oxygen atoms in total. The fourth-order valence-electron chi connectivity index (χ4n) is 2.80. The lowest BCUT2D eigenvalue weighted by atomic mass is 9.82. The molecule has 0 aromatic heterocycles. The molecule has 102 valence electrons. The van der Waals surface area contributed by atoms with Crippen LogP contribution in [0.5, 0.6) is 5.75 Å². The van der Waals surface area contributed by atoms with Crippen LogP contribution in [0.3, 0.4) is 0 Å². The molecule has 2 aromatic rings. The topological polar surface area (TPSA) is 41.5 Å². The van der Waals surface area contributed by atoms with Crippen LogP contribution in [-0.4, -0.2) is 12.3 Å². The molecule has 0 saturated heterocycles. The third-order valence-corrected chi connectivity index (χ3v) is 3.96. The largest absolute Gasteiger partial charge is 0.497 e. The van der Waals surface area contributed by atoms with Gasteiger partial charge in [-0.15, -0.1) is 0 Å². The monoisotopic (exact) mass is 267 g/mol. The Balaban J connectivity index is 2.29. The molecular formula is C17H17NO2. The number of benzene rings is 2. The minimum Gasteiger partial charge on any atom is -0.497 e.